The molecule has 1 saturated heterocycles. The molecule has 19 heavy (non-hydrogen) atoms. The van der Waals surface area contributed by atoms with E-state index < -0.39 is 29.3 Å². The number of nitrogens with zero attached hydrogens (tertiary/aromatic N) is 1. The van der Waals surface area contributed by atoms with Crippen LogP contribution in [-0.4, -0.2) is 50.6 Å². The van der Waals surface area contributed by atoms with Crippen molar-refractivity contribution in [1.29, 1.82) is 0 Å². The summed E-state index contributed by atoms with van der Waals surface area (Å²) in [6.07, 6.45) is 0.487. The van der Waals surface area contributed by atoms with E-state index in [-0.39, 0.29) is 20.3 Å². The van der Waals surface area contributed by atoms with Gasteiger partial charge in [0.15, 0.2) is 0 Å². The Hall–Kier alpha value is -0.0526. The average molecular weight is 267 g/mol. The minimum atomic E-state index is -1.31. The first-order valence-corrected chi connectivity index (χ1v) is 6.54. The molecule has 0 radical (unpaired) electrons. The number of carboxylic acid groups (broad SMARTS) is 1. The van der Waals surface area contributed by atoms with Crippen molar-refractivity contribution in [3.63, 3.8) is 0 Å². The Labute approximate surface area is 128 Å². The summed E-state index contributed by atoms with van der Waals surface area (Å²) in [5.74, 6) is -0.932. The number of carbonyl (C=O) groups is 1. The molecule has 1 heterocycles. The molecule has 0 aromatic heterocycles. The molecule has 0 saturated carbocycles. The van der Waals surface area contributed by atoms with Crippen molar-refractivity contribution in [2.24, 2.45) is 5.41 Å². The van der Waals surface area contributed by atoms with Crippen molar-refractivity contribution in [1.82, 2.24) is 4.90 Å². The fraction of sp³-hybridized carbons (Fsp3) is 0.923. The second-order valence-corrected chi connectivity index (χ2v) is 6.14. The molecule has 6 heteroatoms. The SMILES string of the molecule is CC[C@](O)(C(O)N1CCCC1C(=O)O)C(C)(C)C.[H-].[Li+]. The first-order chi connectivity index (χ1) is 8.15. The van der Waals surface area contributed by atoms with Crippen LogP contribution in [0.4, 0.5) is 0 Å². The third kappa shape index (κ3) is 3.53. The minimum Gasteiger partial charge on any atom is -1.00 e. The summed E-state index contributed by atoms with van der Waals surface area (Å²) in [5, 5.41) is 30.3. The van der Waals surface area contributed by atoms with Gasteiger partial charge in [-0.25, -0.2) is 0 Å². The molecule has 0 bridgehead atoms. The molecule has 3 atom stereocenters. The van der Waals surface area contributed by atoms with E-state index in [2.05, 4.69) is 0 Å². The number of aliphatic hydroxyl groups is 2. The zero-order valence-electron chi connectivity index (χ0n) is 13.7. The van der Waals surface area contributed by atoms with Crippen LogP contribution in [0.15, 0.2) is 0 Å². The van der Waals surface area contributed by atoms with Crippen molar-refractivity contribution >= 4 is 5.97 Å². The number of hydrogen-bond acceptors (Lipinski definition) is 4. The monoisotopic (exact) mass is 267 g/mol. The Morgan fingerprint density at radius 1 is 1.47 bits per heavy atom. The Morgan fingerprint density at radius 2 is 2.00 bits per heavy atom. The molecule has 0 aromatic carbocycles. The fourth-order valence-corrected chi connectivity index (χ4v) is 2.72. The maximum atomic E-state index is 11.1. The molecule has 0 spiro atoms. The summed E-state index contributed by atoms with van der Waals surface area (Å²) in [4.78, 5) is 12.7. The first-order valence-electron chi connectivity index (χ1n) is 6.54. The second kappa shape index (κ2) is 6.60. The normalized spacial score (nSPS) is 25.5. The molecular weight excluding hydrogens is 241 g/mol. The van der Waals surface area contributed by atoms with Gasteiger partial charge < -0.3 is 16.7 Å². The van der Waals surface area contributed by atoms with Gasteiger partial charge in [-0.15, -0.1) is 0 Å². The van der Waals surface area contributed by atoms with E-state index in [1.165, 1.54) is 4.90 Å². The van der Waals surface area contributed by atoms with E-state index >= 15 is 0 Å². The quantitative estimate of drug-likeness (QED) is 0.521. The molecule has 0 amide bonds. The number of rotatable bonds is 4. The van der Waals surface area contributed by atoms with Gasteiger partial charge in [-0.3, -0.25) is 9.69 Å². The Bertz CT molecular complexity index is 324. The fourth-order valence-electron chi connectivity index (χ4n) is 2.72. The maximum absolute atomic E-state index is 11.1. The number of likely N-dealkylation sites (tertiary alicyclic amines) is 1. The van der Waals surface area contributed by atoms with E-state index in [1.807, 2.05) is 20.8 Å². The van der Waals surface area contributed by atoms with Gasteiger partial charge in [0, 0.05) is 6.54 Å². The maximum Gasteiger partial charge on any atom is 1.00 e. The van der Waals surface area contributed by atoms with E-state index in [9.17, 15) is 15.0 Å². The summed E-state index contributed by atoms with van der Waals surface area (Å²) in [6, 6.07) is -0.694. The summed E-state index contributed by atoms with van der Waals surface area (Å²) in [6.45, 7) is 7.87. The van der Waals surface area contributed by atoms with Gasteiger partial charge in [0.2, 0.25) is 0 Å². The number of aliphatic hydroxyl groups excluding tert-OH is 1. The third-order valence-corrected chi connectivity index (χ3v) is 4.16. The number of hydrogen-bond donors (Lipinski definition) is 3. The van der Waals surface area contributed by atoms with E-state index in [4.69, 9.17) is 5.11 Å². The van der Waals surface area contributed by atoms with Crippen molar-refractivity contribution in [2.75, 3.05) is 6.54 Å². The van der Waals surface area contributed by atoms with Crippen LogP contribution in [0.1, 0.15) is 48.4 Å². The standard InChI is InChI=1S/C13H25NO4.Li.H/c1-5-13(18,12(2,3)4)11(17)14-8-6-7-9(14)10(15)16;;/h9,11,17-18H,5-8H2,1-4H3,(H,15,16);;/q;+1;-1/t9?,11?,13-;;/m0../s1. The number of aliphatic carboxylic acids is 1. The van der Waals surface area contributed by atoms with Gasteiger partial charge in [-0.1, -0.05) is 27.7 Å². The van der Waals surface area contributed by atoms with Crippen molar-refractivity contribution in [3.8, 4) is 0 Å². The van der Waals surface area contributed by atoms with Crippen molar-refractivity contribution in [2.45, 2.75) is 64.8 Å². The molecule has 2 unspecified atom stereocenters. The average Bonchev–Trinajstić information content (AvgIpc) is 2.74. The Morgan fingerprint density at radius 3 is 2.37 bits per heavy atom. The molecule has 1 rings (SSSR count). The van der Waals surface area contributed by atoms with Crippen molar-refractivity contribution < 1.29 is 40.4 Å². The predicted octanol–water partition coefficient (Wildman–Crippen LogP) is -1.84. The molecule has 1 aliphatic heterocycles. The smallest absolute Gasteiger partial charge is 1.00 e. The molecule has 0 aliphatic carbocycles. The summed E-state index contributed by atoms with van der Waals surface area (Å²) < 4.78 is 0. The van der Waals surface area contributed by atoms with Crippen molar-refractivity contribution in [3.05, 3.63) is 0 Å². The van der Waals surface area contributed by atoms with Crippen LogP contribution in [0.5, 0.6) is 0 Å². The van der Waals surface area contributed by atoms with Crippen LogP contribution in [-0.2, 0) is 4.79 Å². The molecule has 1 aliphatic rings. The molecule has 1 fully saturated rings. The Kier molecular flexibility index (Phi) is 6.58. The second-order valence-electron chi connectivity index (χ2n) is 6.14. The van der Waals surface area contributed by atoms with Crippen LogP contribution in [0.25, 0.3) is 0 Å². The first kappa shape index (κ1) is 18.9. The van der Waals surface area contributed by atoms with Gasteiger partial charge in [-0.05, 0) is 24.7 Å². The minimum absolute atomic E-state index is 0. The van der Waals surface area contributed by atoms with Gasteiger partial charge >= 0.3 is 24.8 Å². The zero-order chi connectivity index (χ0) is 14.1. The molecular formula is C13H26LiNO4. The van der Waals surface area contributed by atoms with Gasteiger partial charge in [0.1, 0.15) is 17.9 Å². The molecule has 3 N–H and O–H groups in total. The van der Waals surface area contributed by atoms with Crippen LogP contribution < -0.4 is 18.9 Å². The number of carboxylic acids is 1. The van der Waals surface area contributed by atoms with E-state index in [1.54, 1.807) is 6.92 Å². The summed E-state index contributed by atoms with van der Waals surface area (Å²) in [7, 11) is 0. The van der Waals surface area contributed by atoms with Gasteiger partial charge in [0.05, 0.1) is 0 Å². The summed E-state index contributed by atoms with van der Waals surface area (Å²) >= 11 is 0. The van der Waals surface area contributed by atoms with E-state index in [0.717, 1.165) is 6.42 Å². The Balaban J connectivity index is 0. The molecule has 108 valence electrons. The predicted molar refractivity (Wildman–Crippen MR) is 69.2 cm³/mol. The summed E-state index contributed by atoms with van der Waals surface area (Å²) in [5.41, 5.74) is -1.84. The van der Waals surface area contributed by atoms with Crippen LogP contribution in [0, 0.1) is 5.41 Å². The van der Waals surface area contributed by atoms with E-state index in [0.29, 0.717) is 19.4 Å². The largest absolute Gasteiger partial charge is 1.00 e. The van der Waals surface area contributed by atoms with Crippen LogP contribution >= 0.6 is 0 Å². The molecule has 0 aromatic rings. The third-order valence-electron chi connectivity index (χ3n) is 4.16. The van der Waals surface area contributed by atoms with Crippen LogP contribution in [0.2, 0.25) is 0 Å². The topological polar surface area (TPSA) is 81.0 Å². The van der Waals surface area contributed by atoms with Crippen LogP contribution in [0.3, 0.4) is 0 Å². The molecule has 5 nitrogen and oxygen atoms in total. The zero-order valence-corrected chi connectivity index (χ0v) is 12.7. The van der Waals surface area contributed by atoms with Gasteiger partial charge in [-0.2, -0.15) is 0 Å². The van der Waals surface area contributed by atoms with Gasteiger partial charge in [0.25, 0.3) is 0 Å².